The number of benzene rings is 3. The molecule has 0 saturated carbocycles. The predicted molar refractivity (Wildman–Crippen MR) is 113 cm³/mol. The van der Waals surface area contributed by atoms with Gasteiger partial charge >= 0.3 is 6.18 Å². The number of halogens is 4. The van der Waals surface area contributed by atoms with E-state index in [1.54, 1.807) is 12.1 Å². The second-order valence-electron chi connectivity index (χ2n) is 6.65. The number of alkyl halides is 3. The van der Waals surface area contributed by atoms with Crippen LogP contribution in [0.2, 0.25) is 5.02 Å². The summed E-state index contributed by atoms with van der Waals surface area (Å²) in [5.74, 6) is -0.700. The van der Waals surface area contributed by atoms with E-state index in [1.807, 2.05) is 6.92 Å². The van der Waals surface area contributed by atoms with Crippen LogP contribution in [-0.2, 0) is 16.2 Å². The molecule has 0 bridgehead atoms. The van der Waals surface area contributed by atoms with Gasteiger partial charge in [0, 0.05) is 11.3 Å². The minimum atomic E-state index is -4.54. The van der Waals surface area contributed by atoms with Gasteiger partial charge in [-0.15, -0.1) is 0 Å². The van der Waals surface area contributed by atoms with Crippen molar-refractivity contribution in [2.45, 2.75) is 18.0 Å². The molecule has 0 aliphatic carbocycles. The lowest BCUT2D eigenvalue weighted by Crippen LogP contribution is -2.15. The standard InChI is InChI=1S/C21H16ClF3N2O3S/c1-13-5-8-17(9-6-13)31(29,30)27-19-10-7-14(11-18(19)22)20(28)26-16-4-2-3-15(12-16)21(23,24)25/h2-12,27H,1H3,(H,26,28). The highest BCUT2D eigenvalue weighted by atomic mass is 35.5. The highest BCUT2D eigenvalue weighted by Crippen LogP contribution is 2.31. The summed E-state index contributed by atoms with van der Waals surface area (Å²) >= 11 is 6.12. The Hall–Kier alpha value is -3.04. The summed E-state index contributed by atoms with van der Waals surface area (Å²) in [6.45, 7) is 1.82. The third kappa shape index (κ3) is 5.56. The van der Waals surface area contributed by atoms with E-state index in [0.717, 1.165) is 17.7 Å². The molecule has 0 spiro atoms. The molecule has 0 fully saturated rings. The first-order valence-electron chi connectivity index (χ1n) is 8.83. The van der Waals surface area contributed by atoms with Gasteiger partial charge < -0.3 is 5.32 Å². The summed E-state index contributed by atoms with van der Waals surface area (Å²) in [4.78, 5) is 12.4. The van der Waals surface area contributed by atoms with Crippen LogP contribution in [0.3, 0.4) is 0 Å². The van der Waals surface area contributed by atoms with E-state index in [-0.39, 0.29) is 26.9 Å². The Labute approximate surface area is 181 Å². The SMILES string of the molecule is Cc1ccc(S(=O)(=O)Nc2ccc(C(=O)Nc3cccc(C(F)(F)F)c3)cc2Cl)cc1. The zero-order chi connectivity index (χ0) is 22.8. The van der Waals surface area contributed by atoms with Crippen molar-refractivity contribution in [3.05, 3.63) is 88.4 Å². The molecule has 0 unspecified atom stereocenters. The van der Waals surface area contributed by atoms with Crippen LogP contribution in [0.5, 0.6) is 0 Å². The fourth-order valence-electron chi connectivity index (χ4n) is 2.64. The first-order chi connectivity index (χ1) is 14.5. The maximum absolute atomic E-state index is 12.8. The number of carbonyl (C=O) groups excluding carboxylic acids is 1. The van der Waals surface area contributed by atoms with Gasteiger partial charge in [0.05, 0.1) is 21.2 Å². The monoisotopic (exact) mass is 468 g/mol. The molecule has 0 aliphatic heterocycles. The molecule has 2 N–H and O–H groups in total. The first kappa shape index (κ1) is 22.6. The summed E-state index contributed by atoms with van der Waals surface area (Å²) in [6, 6.07) is 14.2. The number of hydrogen-bond donors (Lipinski definition) is 2. The second-order valence-corrected chi connectivity index (χ2v) is 8.74. The Morgan fingerprint density at radius 1 is 0.968 bits per heavy atom. The lowest BCUT2D eigenvalue weighted by atomic mass is 10.1. The molecular weight excluding hydrogens is 453 g/mol. The Morgan fingerprint density at radius 3 is 2.26 bits per heavy atom. The highest BCUT2D eigenvalue weighted by molar-refractivity contribution is 7.92. The van der Waals surface area contributed by atoms with Gasteiger partial charge in [-0.25, -0.2) is 8.42 Å². The number of rotatable bonds is 5. The average molecular weight is 469 g/mol. The topological polar surface area (TPSA) is 75.3 Å². The van der Waals surface area contributed by atoms with E-state index < -0.39 is 27.7 Å². The van der Waals surface area contributed by atoms with Gasteiger partial charge in [0.1, 0.15) is 0 Å². The van der Waals surface area contributed by atoms with Crippen LogP contribution >= 0.6 is 11.6 Å². The van der Waals surface area contributed by atoms with Crippen LogP contribution in [0.15, 0.2) is 71.6 Å². The van der Waals surface area contributed by atoms with Gasteiger partial charge in [0.15, 0.2) is 0 Å². The van der Waals surface area contributed by atoms with Crippen molar-refractivity contribution in [1.82, 2.24) is 0 Å². The molecule has 0 saturated heterocycles. The van der Waals surface area contributed by atoms with Gasteiger partial charge in [0.25, 0.3) is 15.9 Å². The highest BCUT2D eigenvalue weighted by Gasteiger charge is 2.30. The summed E-state index contributed by atoms with van der Waals surface area (Å²) in [5.41, 5.74) is 0.0518. The van der Waals surface area contributed by atoms with Crippen molar-refractivity contribution >= 4 is 38.9 Å². The predicted octanol–water partition coefficient (Wildman–Crippen LogP) is 5.72. The molecule has 162 valence electrons. The second kappa shape index (κ2) is 8.60. The molecule has 10 heteroatoms. The van der Waals surface area contributed by atoms with Crippen LogP contribution in [0.1, 0.15) is 21.5 Å². The normalized spacial score (nSPS) is 11.8. The number of carbonyl (C=O) groups is 1. The number of anilines is 2. The van der Waals surface area contributed by atoms with Gasteiger partial charge in [-0.1, -0.05) is 35.4 Å². The summed E-state index contributed by atoms with van der Waals surface area (Å²) in [7, 11) is -3.89. The molecule has 3 aromatic rings. The number of hydrogen-bond acceptors (Lipinski definition) is 3. The van der Waals surface area contributed by atoms with Crippen molar-refractivity contribution in [2.24, 2.45) is 0 Å². The summed E-state index contributed by atoms with van der Waals surface area (Å²) in [5, 5.41) is 2.31. The maximum atomic E-state index is 12.8. The van der Waals surface area contributed by atoms with E-state index in [1.165, 1.54) is 42.5 Å². The van der Waals surface area contributed by atoms with Crippen LogP contribution in [0.25, 0.3) is 0 Å². The van der Waals surface area contributed by atoms with Crippen LogP contribution in [0, 0.1) is 6.92 Å². The van der Waals surface area contributed by atoms with E-state index in [2.05, 4.69) is 10.0 Å². The number of amides is 1. The summed E-state index contributed by atoms with van der Waals surface area (Å²) in [6.07, 6.45) is -4.54. The van der Waals surface area contributed by atoms with Gasteiger partial charge in [-0.05, 0) is 55.5 Å². The third-order valence-electron chi connectivity index (χ3n) is 4.25. The van der Waals surface area contributed by atoms with E-state index in [0.29, 0.717) is 0 Å². The van der Waals surface area contributed by atoms with Gasteiger partial charge in [0.2, 0.25) is 0 Å². The van der Waals surface area contributed by atoms with E-state index in [4.69, 9.17) is 11.6 Å². The largest absolute Gasteiger partial charge is 0.416 e. The molecule has 0 heterocycles. The van der Waals surface area contributed by atoms with E-state index >= 15 is 0 Å². The minimum Gasteiger partial charge on any atom is -0.322 e. The zero-order valence-corrected chi connectivity index (χ0v) is 17.6. The van der Waals surface area contributed by atoms with Crippen molar-refractivity contribution < 1.29 is 26.4 Å². The molecule has 3 aromatic carbocycles. The minimum absolute atomic E-state index is 0.0416. The maximum Gasteiger partial charge on any atom is 0.416 e. The molecule has 1 amide bonds. The molecule has 5 nitrogen and oxygen atoms in total. The van der Waals surface area contributed by atoms with Crippen molar-refractivity contribution in [1.29, 1.82) is 0 Å². The Bertz CT molecular complexity index is 1230. The number of aryl methyl sites for hydroxylation is 1. The molecule has 0 aliphatic rings. The smallest absolute Gasteiger partial charge is 0.322 e. The first-order valence-corrected chi connectivity index (χ1v) is 10.7. The molecule has 3 rings (SSSR count). The van der Waals surface area contributed by atoms with Crippen LogP contribution in [0.4, 0.5) is 24.5 Å². The van der Waals surface area contributed by atoms with Crippen LogP contribution < -0.4 is 10.0 Å². The summed E-state index contributed by atoms with van der Waals surface area (Å²) < 4.78 is 65.8. The third-order valence-corrected chi connectivity index (χ3v) is 5.95. The lowest BCUT2D eigenvalue weighted by Gasteiger charge is -2.12. The van der Waals surface area contributed by atoms with Gasteiger partial charge in [-0.3, -0.25) is 9.52 Å². The Balaban J connectivity index is 1.77. The van der Waals surface area contributed by atoms with E-state index in [9.17, 15) is 26.4 Å². The van der Waals surface area contributed by atoms with Crippen molar-refractivity contribution in [2.75, 3.05) is 10.0 Å². The lowest BCUT2D eigenvalue weighted by molar-refractivity contribution is -0.137. The van der Waals surface area contributed by atoms with Crippen LogP contribution in [-0.4, -0.2) is 14.3 Å². The Morgan fingerprint density at radius 2 is 1.65 bits per heavy atom. The number of sulfonamides is 1. The molecule has 0 aromatic heterocycles. The Kier molecular flexibility index (Phi) is 6.28. The molecular formula is C21H16ClF3N2O3S. The molecule has 31 heavy (non-hydrogen) atoms. The quantitative estimate of drug-likeness (QED) is 0.503. The fraction of sp³-hybridized carbons (Fsp3) is 0.0952. The van der Waals surface area contributed by atoms with Gasteiger partial charge in [-0.2, -0.15) is 13.2 Å². The average Bonchev–Trinajstić information content (AvgIpc) is 2.69. The van der Waals surface area contributed by atoms with Crippen molar-refractivity contribution in [3.63, 3.8) is 0 Å². The number of nitrogens with one attached hydrogen (secondary N) is 2. The molecule has 0 atom stereocenters. The molecule has 0 radical (unpaired) electrons. The fourth-order valence-corrected chi connectivity index (χ4v) is 4.00. The zero-order valence-electron chi connectivity index (χ0n) is 16.0. The van der Waals surface area contributed by atoms with Crippen molar-refractivity contribution in [3.8, 4) is 0 Å².